The molecule has 0 N–H and O–H groups in total. The Hall–Kier alpha value is -1.76. The van der Waals surface area contributed by atoms with Crippen LogP contribution in [0, 0.1) is 11.8 Å². The first kappa shape index (κ1) is 14.2. The summed E-state index contributed by atoms with van der Waals surface area (Å²) in [6, 6.07) is 18.9. The first-order chi connectivity index (χ1) is 10.3. The molecule has 2 aromatic rings. The highest BCUT2D eigenvalue weighted by Crippen LogP contribution is 2.32. The molecule has 1 aliphatic carbocycles. The van der Waals surface area contributed by atoms with Gasteiger partial charge in [0.25, 0.3) is 0 Å². The van der Waals surface area contributed by atoms with Gasteiger partial charge in [-0.2, -0.15) is 0 Å². The molecule has 0 spiro atoms. The third-order valence-electron chi connectivity index (χ3n) is 4.58. The Bertz CT molecular complexity index is 553. The van der Waals surface area contributed by atoms with Gasteiger partial charge >= 0.3 is 0 Å². The van der Waals surface area contributed by atoms with Crippen molar-refractivity contribution in [3.8, 4) is 16.9 Å². The van der Waals surface area contributed by atoms with Crippen molar-refractivity contribution in [1.82, 2.24) is 0 Å². The van der Waals surface area contributed by atoms with E-state index >= 15 is 0 Å². The van der Waals surface area contributed by atoms with Gasteiger partial charge in [-0.05, 0) is 36.3 Å². The molecule has 1 aliphatic rings. The first-order valence-electron chi connectivity index (χ1n) is 8.10. The Morgan fingerprint density at radius 3 is 2.29 bits per heavy atom. The third kappa shape index (κ3) is 3.66. The van der Waals surface area contributed by atoms with Crippen LogP contribution < -0.4 is 4.74 Å². The van der Waals surface area contributed by atoms with Gasteiger partial charge in [0.2, 0.25) is 0 Å². The molecule has 0 radical (unpaired) electrons. The van der Waals surface area contributed by atoms with Gasteiger partial charge in [0.05, 0.1) is 6.61 Å². The lowest BCUT2D eigenvalue weighted by Crippen LogP contribution is -2.18. The molecule has 0 heterocycles. The molecule has 0 aliphatic heterocycles. The Kier molecular flexibility index (Phi) is 4.59. The van der Waals surface area contributed by atoms with Crippen molar-refractivity contribution >= 4 is 0 Å². The second-order valence-corrected chi connectivity index (χ2v) is 6.30. The number of hydrogen-bond donors (Lipinski definition) is 0. The molecule has 21 heavy (non-hydrogen) atoms. The molecule has 0 unspecified atom stereocenters. The number of benzene rings is 2. The molecule has 1 saturated carbocycles. The monoisotopic (exact) mass is 280 g/mol. The smallest absolute Gasteiger partial charge is 0.127 e. The van der Waals surface area contributed by atoms with Gasteiger partial charge in [-0.25, -0.2) is 0 Å². The first-order valence-corrected chi connectivity index (χ1v) is 8.10. The Morgan fingerprint density at radius 1 is 0.857 bits per heavy atom. The van der Waals surface area contributed by atoms with Crippen molar-refractivity contribution in [2.75, 3.05) is 6.61 Å². The zero-order valence-corrected chi connectivity index (χ0v) is 12.8. The molecule has 1 heteroatoms. The minimum Gasteiger partial charge on any atom is -0.493 e. The Balaban J connectivity index is 1.69. The molecular formula is C20H24O. The normalized spacial score (nSPS) is 22.0. The van der Waals surface area contributed by atoms with Gasteiger partial charge in [0.1, 0.15) is 5.75 Å². The average Bonchev–Trinajstić information content (AvgIpc) is 2.55. The van der Waals surface area contributed by atoms with E-state index in [0.717, 1.165) is 24.2 Å². The fourth-order valence-corrected chi connectivity index (χ4v) is 3.15. The zero-order valence-electron chi connectivity index (χ0n) is 12.8. The lowest BCUT2D eigenvalue weighted by atomic mass is 9.83. The van der Waals surface area contributed by atoms with Crippen LogP contribution in [0.4, 0.5) is 0 Å². The van der Waals surface area contributed by atoms with E-state index < -0.39 is 0 Å². The Morgan fingerprint density at radius 2 is 1.52 bits per heavy atom. The minimum atomic E-state index is 0.727. The summed E-state index contributed by atoms with van der Waals surface area (Å²) in [7, 11) is 0. The van der Waals surface area contributed by atoms with Gasteiger partial charge < -0.3 is 4.74 Å². The lowest BCUT2D eigenvalue weighted by molar-refractivity contribution is 0.188. The molecule has 3 rings (SSSR count). The predicted octanol–water partition coefficient (Wildman–Crippen LogP) is 5.56. The van der Waals surface area contributed by atoms with Crippen LogP contribution in [0.15, 0.2) is 54.6 Å². The van der Waals surface area contributed by atoms with Crippen LogP contribution in [0.3, 0.4) is 0 Å². The molecule has 2 aromatic carbocycles. The zero-order chi connectivity index (χ0) is 14.5. The summed E-state index contributed by atoms with van der Waals surface area (Å²) in [6.45, 7) is 3.22. The van der Waals surface area contributed by atoms with Gasteiger partial charge in [-0.3, -0.25) is 0 Å². The molecule has 0 saturated heterocycles. The summed E-state index contributed by atoms with van der Waals surface area (Å²) in [5.41, 5.74) is 2.42. The third-order valence-corrected chi connectivity index (χ3v) is 4.58. The SMILES string of the molecule is CC1CCC(COc2ccccc2-c2ccccc2)CC1. The van der Waals surface area contributed by atoms with Gasteiger partial charge in [-0.15, -0.1) is 0 Å². The molecule has 0 atom stereocenters. The number of ether oxygens (including phenoxy) is 1. The van der Waals surface area contributed by atoms with Crippen molar-refractivity contribution in [3.63, 3.8) is 0 Å². The highest BCUT2D eigenvalue weighted by Gasteiger charge is 2.19. The van der Waals surface area contributed by atoms with Crippen LogP contribution in [0.1, 0.15) is 32.6 Å². The summed E-state index contributed by atoms with van der Waals surface area (Å²) >= 11 is 0. The van der Waals surface area contributed by atoms with E-state index in [0.29, 0.717) is 0 Å². The molecule has 1 fully saturated rings. The summed E-state index contributed by atoms with van der Waals surface area (Å²) < 4.78 is 6.17. The number of rotatable bonds is 4. The van der Waals surface area contributed by atoms with E-state index in [-0.39, 0.29) is 0 Å². The fraction of sp³-hybridized carbons (Fsp3) is 0.400. The van der Waals surface area contributed by atoms with Gasteiger partial charge in [-0.1, -0.05) is 68.3 Å². The average molecular weight is 280 g/mol. The van der Waals surface area contributed by atoms with Crippen LogP contribution >= 0.6 is 0 Å². The summed E-state index contributed by atoms with van der Waals surface area (Å²) in [4.78, 5) is 0. The van der Waals surface area contributed by atoms with Crippen LogP contribution in [-0.2, 0) is 0 Å². The second-order valence-electron chi connectivity index (χ2n) is 6.30. The maximum atomic E-state index is 6.17. The van der Waals surface area contributed by atoms with Crippen LogP contribution in [-0.4, -0.2) is 6.61 Å². The molecule has 0 amide bonds. The van der Waals surface area contributed by atoms with Crippen molar-refractivity contribution in [3.05, 3.63) is 54.6 Å². The highest BCUT2D eigenvalue weighted by molar-refractivity contribution is 5.70. The molecular weight excluding hydrogens is 256 g/mol. The predicted molar refractivity (Wildman–Crippen MR) is 88.5 cm³/mol. The van der Waals surface area contributed by atoms with E-state index in [1.54, 1.807) is 0 Å². The van der Waals surface area contributed by atoms with E-state index in [1.165, 1.54) is 36.8 Å². The van der Waals surface area contributed by atoms with E-state index in [9.17, 15) is 0 Å². The van der Waals surface area contributed by atoms with Crippen molar-refractivity contribution in [1.29, 1.82) is 0 Å². The largest absolute Gasteiger partial charge is 0.493 e. The van der Waals surface area contributed by atoms with E-state index in [1.807, 2.05) is 0 Å². The molecule has 0 aromatic heterocycles. The van der Waals surface area contributed by atoms with E-state index in [4.69, 9.17) is 4.74 Å². The lowest BCUT2D eigenvalue weighted by Gasteiger charge is -2.26. The summed E-state index contributed by atoms with van der Waals surface area (Å²) in [6.07, 6.45) is 5.34. The van der Waals surface area contributed by atoms with Crippen LogP contribution in [0.2, 0.25) is 0 Å². The summed E-state index contributed by atoms with van der Waals surface area (Å²) in [5, 5.41) is 0. The summed E-state index contributed by atoms with van der Waals surface area (Å²) in [5.74, 6) is 2.64. The van der Waals surface area contributed by atoms with Crippen LogP contribution in [0.5, 0.6) is 5.75 Å². The van der Waals surface area contributed by atoms with Crippen molar-refractivity contribution in [2.24, 2.45) is 11.8 Å². The topological polar surface area (TPSA) is 9.23 Å². The number of para-hydroxylation sites is 1. The molecule has 1 nitrogen and oxygen atoms in total. The molecule has 0 bridgehead atoms. The van der Waals surface area contributed by atoms with Gasteiger partial charge in [0, 0.05) is 5.56 Å². The van der Waals surface area contributed by atoms with E-state index in [2.05, 4.69) is 61.5 Å². The minimum absolute atomic E-state index is 0.727. The second kappa shape index (κ2) is 6.80. The molecule has 110 valence electrons. The quantitative estimate of drug-likeness (QED) is 0.712. The standard InChI is InChI=1S/C20H24O/c1-16-11-13-17(14-12-16)15-21-20-10-6-5-9-19(20)18-7-3-2-4-8-18/h2-10,16-17H,11-15H2,1H3. The Labute approximate surface area is 128 Å². The number of hydrogen-bond acceptors (Lipinski definition) is 1. The van der Waals surface area contributed by atoms with Crippen LogP contribution in [0.25, 0.3) is 11.1 Å². The van der Waals surface area contributed by atoms with Gasteiger partial charge in [0.15, 0.2) is 0 Å². The van der Waals surface area contributed by atoms with Crippen molar-refractivity contribution < 1.29 is 4.74 Å². The fourth-order valence-electron chi connectivity index (χ4n) is 3.15. The highest BCUT2D eigenvalue weighted by atomic mass is 16.5. The maximum Gasteiger partial charge on any atom is 0.127 e. The maximum absolute atomic E-state index is 6.17. The van der Waals surface area contributed by atoms with Crippen molar-refractivity contribution in [2.45, 2.75) is 32.6 Å².